The molecule has 0 unspecified atom stereocenters. The van der Waals surface area contributed by atoms with Crippen LogP contribution in [0.2, 0.25) is 5.02 Å². The zero-order valence-corrected chi connectivity index (χ0v) is 23.9. The standard InChI is InChI=1S/C26H24BrClF3N3O4S/c1-17(25(36)32-2)33(15-18-7-6-8-20(27)13-18)24(35)16-34(39(37,38)21-9-4-3-5-10-21)23-14-19(26(29,30)31)11-12-22(23)28/h3-14,17H,15-16H2,1-2H3,(H,32,36)/t17-/m1/s1. The molecule has 208 valence electrons. The maximum Gasteiger partial charge on any atom is 0.416 e. The molecule has 3 aromatic carbocycles. The quantitative estimate of drug-likeness (QED) is 0.334. The zero-order chi connectivity index (χ0) is 29.0. The van der Waals surface area contributed by atoms with Gasteiger partial charge in [-0.3, -0.25) is 13.9 Å². The number of nitrogens with zero attached hydrogens (tertiary/aromatic N) is 2. The van der Waals surface area contributed by atoms with Gasteiger partial charge in [-0.15, -0.1) is 0 Å². The first kappa shape index (κ1) is 30.5. The molecule has 0 radical (unpaired) electrons. The molecule has 0 saturated carbocycles. The number of likely N-dealkylation sites (N-methyl/N-ethyl adjacent to an activating group) is 1. The van der Waals surface area contributed by atoms with Gasteiger partial charge in [-0.1, -0.05) is 57.9 Å². The predicted molar refractivity (Wildman–Crippen MR) is 146 cm³/mol. The topological polar surface area (TPSA) is 86.8 Å². The third-order valence-corrected chi connectivity index (χ3v) is 8.39. The van der Waals surface area contributed by atoms with Gasteiger partial charge in [0.2, 0.25) is 11.8 Å². The van der Waals surface area contributed by atoms with Gasteiger partial charge in [0, 0.05) is 18.1 Å². The summed E-state index contributed by atoms with van der Waals surface area (Å²) in [4.78, 5) is 27.1. The minimum absolute atomic E-state index is 0.0809. The molecule has 13 heteroatoms. The largest absolute Gasteiger partial charge is 0.416 e. The average Bonchev–Trinajstić information content (AvgIpc) is 2.89. The highest BCUT2D eigenvalue weighted by atomic mass is 79.9. The number of halogens is 5. The lowest BCUT2D eigenvalue weighted by molar-refractivity contribution is -0.139. The Morgan fingerprint density at radius 1 is 1.03 bits per heavy atom. The third-order valence-electron chi connectivity index (χ3n) is 5.81. The van der Waals surface area contributed by atoms with Gasteiger partial charge in [0.1, 0.15) is 12.6 Å². The number of sulfonamides is 1. The second-order valence-corrected chi connectivity index (χ2v) is 11.6. The lowest BCUT2D eigenvalue weighted by atomic mass is 10.1. The second kappa shape index (κ2) is 12.4. The summed E-state index contributed by atoms with van der Waals surface area (Å²) in [6.45, 7) is 0.456. The van der Waals surface area contributed by atoms with Crippen molar-refractivity contribution in [3.63, 3.8) is 0 Å². The molecular weight excluding hydrogens is 623 g/mol. The van der Waals surface area contributed by atoms with Crippen LogP contribution in [0.1, 0.15) is 18.1 Å². The van der Waals surface area contributed by atoms with Crippen LogP contribution in [0.3, 0.4) is 0 Å². The van der Waals surface area contributed by atoms with Crippen LogP contribution in [-0.4, -0.2) is 44.8 Å². The fourth-order valence-corrected chi connectivity index (χ4v) is 5.90. The molecule has 2 amide bonds. The first-order chi connectivity index (χ1) is 18.3. The van der Waals surface area contributed by atoms with E-state index in [0.29, 0.717) is 26.5 Å². The van der Waals surface area contributed by atoms with Gasteiger partial charge in [-0.25, -0.2) is 8.42 Å². The van der Waals surface area contributed by atoms with Crippen molar-refractivity contribution in [1.29, 1.82) is 0 Å². The van der Waals surface area contributed by atoms with E-state index < -0.39 is 51.9 Å². The van der Waals surface area contributed by atoms with Gasteiger partial charge >= 0.3 is 6.18 Å². The molecule has 3 rings (SSSR count). The number of anilines is 1. The van der Waals surface area contributed by atoms with Crippen molar-refractivity contribution in [3.8, 4) is 0 Å². The smallest absolute Gasteiger partial charge is 0.357 e. The van der Waals surface area contributed by atoms with Crippen molar-refractivity contribution in [2.75, 3.05) is 17.9 Å². The van der Waals surface area contributed by atoms with Crippen molar-refractivity contribution >= 4 is 55.1 Å². The summed E-state index contributed by atoms with van der Waals surface area (Å²) >= 11 is 9.56. The predicted octanol–water partition coefficient (Wildman–Crippen LogP) is 5.48. The Labute approximate surface area is 237 Å². The Morgan fingerprint density at radius 2 is 1.69 bits per heavy atom. The lowest BCUT2D eigenvalue weighted by Gasteiger charge is -2.32. The molecule has 1 atom stereocenters. The van der Waals surface area contributed by atoms with Crippen molar-refractivity contribution in [3.05, 3.63) is 93.4 Å². The molecule has 0 spiro atoms. The van der Waals surface area contributed by atoms with Crippen LogP contribution in [0.4, 0.5) is 18.9 Å². The van der Waals surface area contributed by atoms with Crippen LogP contribution in [0.15, 0.2) is 82.2 Å². The minimum atomic E-state index is -4.80. The second-order valence-electron chi connectivity index (χ2n) is 8.43. The molecule has 0 aliphatic carbocycles. The summed E-state index contributed by atoms with van der Waals surface area (Å²) in [7, 11) is -3.19. The van der Waals surface area contributed by atoms with Crippen molar-refractivity contribution in [2.24, 2.45) is 0 Å². The van der Waals surface area contributed by atoms with E-state index in [-0.39, 0.29) is 16.5 Å². The molecule has 0 aliphatic heterocycles. The summed E-state index contributed by atoms with van der Waals surface area (Å²) in [5, 5.41) is 2.14. The number of amides is 2. The summed E-state index contributed by atoms with van der Waals surface area (Å²) in [6, 6.07) is 15.0. The fraction of sp³-hybridized carbons (Fsp3) is 0.231. The SMILES string of the molecule is CNC(=O)[C@@H](C)N(Cc1cccc(Br)c1)C(=O)CN(c1cc(C(F)(F)F)ccc1Cl)S(=O)(=O)c1ccccc1. The number of alkyl halides is 3. The van der Waals surface area contributed by atoms with E-state index in [4.69, 9.17) is 11.6 Å². The Hall–Kier alpha value is -3.09. The van der Waals surface area contributed by atoms with Gasteiger partial charge in [0.05, 0.1) is 21.2 Å². The van der Waals surface area contributed by atoms with Crippen LogP contribution >= 0.6 is 27.5 Å². The summed E-state index contributed by atoms with van der Waals surface area (Å²) < 4.78 is 69.3. The first-order valence-corrected chi connectivity index (χ1v) is 14.1. The van der Waals surface area contributed by atoms with E-state index >= 15 is 0 Å². The van der Waals surface area contributed by atoms with E-state index in [1.54, 1.807) is 30.3 Å². The van der Waals surface area contributed by atoms with Crippen molar-refractivity contribution < 1.29 is 31.2 Å². The van der Waals surface area contributed by atoms with Crippen LogP contribution in [0.25, 0.3) is 0 Å². The summed E-state index contributed by atoms with van der Waals surface area (Å²) in [5.74, 6) is -1.35. The van der Waals surface area contributed by atoms with Crippen LogP contribution in [0.5, 0.6) is 0 Å². The van der Waals surface area contributed by atoms with Crippen LogP contribution in [0, 0.1) is 0 Å². The molecule has 3 aromatic rings. The third kappa shape index (κ3) is 7.31. The summed E-state index contributed by atoms with van der Waals surface area (Å²) in [6.07, 6.45) is -4.80. The monoisotopic (exact) mass is 645 g/mol. The number of carbonyl (C=O) groups is 2. The maximum absolute atomic E-state index is 13.7. The van der Waals surface area contributed by atoms with Crippen molar-refractivity contribution in [1.82, 2.24) is 10.2 Å². The maximum atomic E-state index is 13.7. The summed E-state index contributed by atoms with van der Waals surface area (Å²) in [5.41, 5.74) is -1.05. The molecule has 0 bridgehead atoms. The minimum Gasteiger partial charge on any atom is -0.357 e. The van der Waals surface area contributed by atoms with E-state index in [9.17, 15) is 31.2 Å². The van der Waals surface area contributed by atoms with Gasteiger partial charge in [0.25, 0.3) is 10.0 Å². The fourth-order valence-electron chi connectivity index (χ4n) is 3.74. The Kier molecular flexibility index (Phi) is 9.68. The number of hydrogen-bond acceptors (Lipinski definition) is 4. The van der Waals surface area contributed by atoms with Gasteiger partial charge in [-0.05, 0) is 55.0 Å². The van der Waals surface area contributed by atoms with E-state index in [1.165, 1.54) is 38.2 Å². The highest BCUT2D eigenvalue weighted by molar-refractivity contribution is 9.10. The van der Waals surface area contributed by atoms with Crippen LogP contribution < -0.4 is 9.62 Å². The van der Waals surface area contributed by atoms with Crippen LogP contribution in [-0.2, 0) is 32.3 Å². The zero-order valence-electron chi connectivity index (χ0n) is 20.7. The normalized spacial score (nSPS) is 12.5. The number of carbonyl (C=O) groups excluding carboxylic acids is 2. The number of rotatable bonds is 9. The van der Waals surface area contributed by atoms with E-state index in [1.807, 2.05) is 0 Å². The van der Waals surface area contributed by atoms with Crippen molar-refractivity contribution in [2.45, 2.75) is 30.6 Å². The highest BCUT2D eigenvalue weighted by Gasteiger charge is 2.36. The number of benzene rings is 3. The Balaban J connectivity index is 2.13. The highest BCUT2D eigenvalue weighted by Crippen LogP contribution is 2.37. The Bertz CT molecular complexity index is 1460. The molecular formula is C26H24BrClF3N3O4S. The molecule has 0 heterocycles. The van der Waals surface area contributed by atoms with Gasteiger partial charge in [-0.2, -0.15) is 13.2 Å². The molecule has 0 aliphatic rings. The molecule has 0 saturated heterocycles. The Morgan fingerprint density at radius 3 is 2.28 bits per heavy atom. The molecule has 7 nitrogen and oxygen atoms in total. The lowest BCUT2D eigenvalue weighted by Crippen LogP contribution is -2.50. The molecule has 0 fully saturated rings. The molecule has 1 N–H and O–H groups in total. The molecule has 0 aromatic heterocycles. The molecule has 39 heavy (non-hydrogen) atoms. The van der Waals surface area contributed by atoms with E-state index in [0.717, 1.165) is 11.0 Å². The number of hydrogen-bond donors (Lipinski definition) is 1. The van der Waals surface area contributed by atoms with Gasteiger partial charge < -0.3 is 10.2 Å². The van der Waals surface area contributed by atoms with Gasteiger partial charge in [0.15, 0.2) is 0 Å². The van der Waals surface area contributed by atoms with E-state index in [2.05, 4.69) is 21.2 Å². The first-order valence-electron chi connectivity index (χ1n) is 11.5. The number of nitrogens with one attached hydrogen (secondary N) is 1. The average molecular weight is 647 g/mol.